The molecule has 2 aliphatic rings. The molecule has 0 unspecified atom stereocenters. The highest BCUT2D eigenvalue weighted by molar-refractivity contribution is 5.79. The second-order valence-corrected chi connectivity index (χ2v) is 9.47. The van der Waals surface area contributed by atoms with Crippen molar-refractivity contribution in [2.24, 2.45) is 22.7 Å². The van der Waals surface area contributed by atoms with Crippen LogP contribution in [0.5, 0.6) is 0 Å². The molecule has 0 spiro atoms. The Kier molecular flexibility index (Phi) is 6.07. The van der Waals surface area contributed by atoms with Crippen LogP contribution in [0.1, 0.15) is 57.6 Å². The molecule has 0 aliphatic heterocycles. The van der Waals surface area contributed by atoms with Crippen molar-refractivity contribution in [3.63, 3.8) is 0 Å². The van der Waals surface area contributed by atoms with Crippen molar-refractivity contribution in [1.29, 1.82) is 0 Å². The molecular formula is C26H32O4. The van der Waals surface area contributed by atoms with E-state index in [4.69, 9.17) is 9.84 Å². The third kappa shape index (κ3) is 4.14. The summed E-state index contributed by atoms with van der Waals surface area (Å²) in [6.45, 7) is 10.6. The molecule has 2 saturated carbocycles. The Morgan fingerprint density at radius 1 is 0.800 bits per heavy atom. The molecule has 0 heterocycles. The highest BCUT2D eigenvalue weighted by Gasteiger charge is 2.63. The van der Waals surface area contributed by atoms with Gasteiger partial charge in [0.1, 0.15) is 0 Å². The Hall–Kier alpha value is -2.62. The molecule has 0 aromatic heterocycles. The van der Waals surface area contributed by atoms with E-state index in [1.54, 1.807) is 0 Å². The van der Waals surface area contributed by atoms with Gasteiger partial charge in [-0.1, -0.05) is 88.4 Å². The molecule has 0 saturated heterocycles. The number of hydrogen-bond acceptors (Lipinski definition) is 3. The lowest BCUT2D eigenvalue weighted by atomic mass is 10.0. The summed E-state index contributed by atoms with van der Waals surface area (Å²) in [6.07, 6.45) is 0. The monoisotopic (exact) mass is 408 g/mol. The van der Waals surface area contributed by atoms with Gasteiger partial charge >= 0.3 is 11.9 Å². The summed E-state index contributed by atoms with van der Waals surface area (Å²) in [7, 11) is 0. The maximum atomic E-state index is 11.8. The van der Waals surface area contributed by atoms with Crippen LogP contribution in [0.3, 0.4) is 0 Å². The van der Waals surface area contributed by atoms with Crippen LogP contribution in [0.4, 0.5) is 0 Å². The second-order valence-electron chi connectivity index (χ2n) is 9.47. The van der Waals surface area contributed by atoms with E-state index in [-0.39, 0.29) is 34.6 Å². The average Bonchev–Trinajstić information content (AvgIpc) is 3.51. The van der Waals surface area contributed by atoms with E-state index in [1.807, 2.05) is 69.3 Å². The molecular weight excluding hydrogens is 376 g/mol. The number of benzene rings is 2. The lowest BCUT2D eigenvalue weighted by Gasteiger charge is -2.01. The predicted molar refractivity (Wildman–Crippen MR) is 117 cm³/mol. The van der Waals surface area contributed by atoms with Crippen molar-refractivity contribution in [2.45, 2.75) is 46.5 Å². The zero-order valence-electron chi connectivity index (χ0n) is 18.5. The number of carbonyl (C=O) groups is 2. The second kappa shape index (κ2) is 8.25. The van der Waals surface area contributed by atoms with Crippen LogP contribution >= 0.6 is 0 Å². The first-order chi connectivity index (χ1) is 14.1. The van der Waals surface area contributed by atoms with Crippen LogP contribution in [0.15, 0.2) is 60.7 Å². The van der Waals surface area contributed by atoms with Crippen LogP contribution in [0.25, 0.3) is 0 Å². The number of aliphatic carboxylic acids is 1. The van der Waals surface area contributed by atoms with E-state index < -0.39 is 5.97 Å². The molecule has 0 radical (unpaired) electrons. The fraction of sp³-hybridized carbons (Fsp3) is 0.462. The van der Waals surface area contributed by atoms with E-state index in [0.29, 0.717) is 12.5 Å². The SMILES string of the molecule is CC1(C)[C@H](C(=O)O)[C@H]1c1ccccc1.CCOC(=O)[C@@H]1[C@@H](c2ccccc2)C1(C)C. The van der Waals surface area contributed by atoms with Crippen molar-refractivity contribution in [3.8, 4) is 0 Å². The lowest BCUT2D eigenvalue weighted by molar-refractivity contribution is -0.145. The van der Waals surface area contributed by atoms with Crippen molar-refractivity contribution in [3.05, 3.63) is 71.8 Å². The van der Waals surface area contributed by atoms with E-state index in [2.05, 4.69) is 26.0 Å². The first-order valence-electron chi connectivity index (χ1n) is 10.6. The molecule has 0 bridgehead atoms. The highest BCUT2D eigenvalue weighted by Crippen LogP contribution is 2.65. The fourth-order valence-electron chi connectivity index (χ4n) is 4.97. The minimum absolute atomic E-state index is 0.0230. The molecule has 1 N–H and O–H groups in total. The maximum Gasteiger partial charge on any atom is 0.310 e. The zero-order chi connectivity index (χ0) is 22.1. The summed E-state index contributed by atoms with van der Waals surface area (Å²) in [4.78, 5) is 22.7. The summed E-state index contributed by atoms with van der Waals surface area (Å²) in [6, 6.07) is 20.1. The van der Waals surface area contributed by atoms with Crippen LogP contribution in [0, 0.1) is 22.7 Å². The largest absolute Gasteiger partial charge is 0.481 e. The van der Waals surface area contributed by atoms with Gasteiger partial charge in [-0.25, -0.2) is 0 Å². The summed E-state index contributed by atoms with van der Waals surface area (Å²) >= 11 is 0. The quantitative estimate of drug-likeness (QED) is 0.664. The summed E-state index contributed by atoms with van der Waals surface area (Å²) in [5.74, 6) is -0.432. The van der Waals surface area contributed by atoms with E-state index in [9.17, 15) is 9.59 Å². The minimum Gasteiger partial charge on any atom is -0.481 e. The number of rotatable bonds is 5. The van der Waals surface area contributed by atoms with Gasteiger partial charge < -0.3 is 9.84 Å². The molecule has 2 aliphatic carbocycles. The van der Waals surface area contributed by atoms with Crippen LogP contribution in [0.2, 0.25) is 0 Å². The fourth-order valence-corrected chi connectivity index (χ4v) is 4.97. The molecule has 4 heteroatoms. The molecule has 2 aromatic carbocycles. The first-order valence-corrected chi connectivity index (χ1v) is 10.6. The molecule has 2 aromatic rings. The number of carbonyl (C=O) groups excluding carboxylic acids is 1. The van der Waals surface area contributed by atoms with Crippen LogP contribution in [-0.2, 0) is 14.3 Å². The van der Waals surface area contributed by atoms with Gasteiger partial charge in [0.15, 0.2) is 0 Å². The topological polar surface area (TPSA) is 63.6 Å². The number of hydrogen-bond donors (Lipinski definition) is 1. The Labute approximate surface area is 179 Å². The van der Waals surface area contributed by atoms with E-state index in [1.165, 1.54) is 5.56 Å². The molecule has 4 nitrogen and oxygen atoms in total. The third-order valence-electron chi connectivity index (χ3n) is 6.78. The molecule has 4 rings (SSSR count). The van der Waals surface area contributed by atoms with Gasteiger partial charge in [-0.3, -0.25) is 9.59 Å². The van der Waals surface area contributed by atoms with Crippen LogP contribution in [-0.4, -0.2) is 23.7 Å². The van der Waals surface area contributed by atoms with Gasteiger partial charge in [0.25, 0.3) is 0 Å². The highest BCUT2D eigenvalue weighted by atomic mass is 16.5. The Morgan fingerprint density at radius 2 is 1.20 bits per heavy atom. The lowest BCUT2D eigenvalue weighted by Crippen LogP contribution is -2.10. The van der Waals surface area contributed by atoms with Gasteiger partial charge in [-0.05, 0) is 28.9 Å². The number of carboxylic acids is 1. The zero-order valence-corrected chi connectivity index (χ0v) is 18.5. The van der Waals surface area contributed by atoms with E-state index >= 15 is 0 Å². The van der Waals surface area contributed by atoms with Gasteiger partial charge in [0, 0.05) is 11.8 Å². The Bertz CT molecular complexity index is 886. The summed E-state index contributed by atoms with van der Waals surface area (Å²) in [5, 5.41) is 9.02. The molecule has 4 atom stereocenters. The Balaban J connectivity index is 0.000000172. The number of esters is 1. The van der Waals surface area contributed by atoms with Crippen molar-refractivity contribution >= 4 is 11.9 Å². The third-order valence-corrected chi connectivity index (χ3v) is 6.78. The summed E-state index contributed by atoms with van der Waals surface area (Å²) < 4.78 is 5.11. The summed E-state index contributed by atoms with van der Waals surface area (Å²) in [5.41, 5.74) is 2.33. The van der Waals surface area contributed by atoms with Crippen LogP contribution < -0.4 is 0 Å². The van der Waals surface area contributed by atoms with Gasteiger partial charge in [-0.2, -0.15) is 0 Å². The van der Waals surface area contributed by atoms with Crippen molar-refractivity contribution < 1.29 is 19.4 Å². The van der Waals surface area contributed by atoms with Crippen molar-refractivity contribution in [2.75, 3.05) is 6.61 Å². The number of carboxylic acid groups (broad SMARTS) is 1. The Morgan fingerprint density at radius 3 is 1.57 bits per heavy atom. The van der Waals surface area contributed by atoms with Crippen molar-refractivity contribution in [1.82, 2.24) is 0 Å². The van der Waals surface area contributed by atoms with Gasteiger partial charge in [0.2, 0.25) is 0 Å². The average molecular weight is 409 g/mol. The molecule has 2 fully saturated rings. The normalized spacial score (nSPS) is 27.2. The maximum absolute atomic E-state index is 11.8. The predicted octanol–water partition coefficient (Wildman–Crippen LogP) is 5.50. The first kappa shape index (κ1) is 22.1. The number of ether oxygens (including phenoxy) is 1. The smallest absolute Gasteiger partial charge is 0.310 e. The van der Waals surface area contributed by atoms with E-state index in [0.717, 1.165) is 5.56 Å². The molecule has 160 valence electrons. The van der Waals surface area contributed by atoms with Gasteiger partial charge in [-0.15, -0.1) is 0 Å². The standard InChI is InChI=1S/C14H18O2.C12H14O2/c1-4-16-13(15)12-11(14(12,2)3)10-8-6-5-7-9-10;1-12(2)9(10(12)11(13)14)8-6-4-3-5-7-8/h5-9,11-12H,4H2,1-3H3;3-7,9-10H,1-2H3,(H,13,14)/t11-,12+;9-,10+/m11/s1. The molecule has 0 amide bonds. The van der Waals surface area contributed by atoms with Gasteiger partial charge in [0.05, 0.1) is 18.4 Å². The molecule has 30 heavy (non-hydrogen) atoms. The minimum atomic E-state index is -0.677.